The molecule has 2 rings (SSSR count). The van der Waals surface area contributed by atoms with Crippen molar-refractivity contribution in [1.82, 2.24) is 0 Å². The maximum atomic E-state index is 12.9. The van der Waals surface area contributed by atoms with E-state index in [4.69, 9.17) is 5.73 Å². The molecule has 0 aliphatic rings. The minimum absolute atomic E-state index is 0.485. The Hall–Kier alpha value is -2.16. The van der Waals surface area contributed by atoms with Gasteiger partial charge in [-0.15, -0.1) is 0 Å². The monoisotopic (exact) mass is 231 g/mol. The summed E-state index contributed by atoms with van der Waals surface area (Å²) in [6, 6.07) is 10.6. The van der Waals surface area contributed by atoms with Crippen molar-refractivity contribution in [2.45, 2.75) is 0 Å². The highest BCUT2D eigenvalue weighted by Crippen LogP contribution is 2.13. The Balaban J connectivity index is 2.22. The molecule has 0 amide bonds. The van der Waals surface area contributed by atoms with Crippen LogP contribution in [0, 0.1) is 11.6 Å². The van der Waals surface area contributed by atoms with Crippen LogP contribution < -0.4 is 5.73 Å². The number of anilines is 1. The second kappa shape index (κ2) is 4.78. The Morgan fingerprint density at radius 3 is 1.88 bits per heavy atom. The Labute approximate surface area is 98.2 Å². The van der Waals surface area contributed by atoms with Gasteiger partial charge in [-0.05, 0) is 35.4 Å². The molecule has 2 N–H and O–H groups in total. The third-order valence-corrected chi connectivity index (χ3v) is 2.29. The number of rotatable bonds is 2. The molecule has 0 aromatic heterocycles. The van der Waals surface area contributed by atoms with Crippen molar-refractivity contribution >= 4 is 17.8 Å². The lowest BCUT2D eigenvalue weighted by molar-refractivity contribution is 0.583. The van der Waals surface area contributed by atoms with Crippen LogP contribution in [0.1, 0.15) is 11.1 Å². The second-order valence-electron chi connectivity index (χ2n) is 3.70. The molecule has 0 bridgehead atoms. The van der Waals surface area contributed by atoms with Crippen LogP contribution in [-0.4, -0.2) is 0 Å². The fraction of sp³-hybridized carbons (Fsp3) is 0. The summed E-state index contributed by atoms with van der Waals surface area (Å²) < 4.78 is 25.8. The molecule has 0 aliphatic carbocycles. The third kappa shape index (κ3) is 3.14. The van der Waals surface area contributed by atoms with E-state index >= 15 is 0 Å². The lowest BCUT2D eigenvalue weighted by Gasteiger charge is -1.97. The van der Waals surface area contributed by atoms with E-state index in [1.54, 1.807) is 24.3 Å². The molecule has 3 heteroatoms. The molecule has 0 fully saturated rings. The maximum absolute atomic E-state index is 12.9. The van der Waals surface area contributed by atoms with Crippen LogP contribution in [0.5, 0.6) is 0 Å². The highest BCUT2D eigenvalue weighted by atomic mass is 19.1. The van der Waals surface area contributed by atoms with Crippen molar-refractivity contribution in [3.63, 3.8) is 0 Å². The van der Waals surface area contributed by atoms with Gasteiger partial charge in [0.2, 0.25) is 0 Å². The van der Waals surface area contributed by atoms with Crippen molar-refractivity contribution < 1.29 is 8.78 Å². The van der Waals surface area contributed by atoms with Gasteiger partial charge in [-0.2, -0.15) is 0 Å². The number of nitrogens with two attached hydrogens (primary N) is 1. The van der Waals surface area contributed by atoms with Gasteiger partial charge in [-0.1, -0.05) is 24.3 Å². The zero-order valence-corrected chi connectivity index (χ0v) is 9.03. The average molecular weight is 231 g/mol. The summed E-state index contributed by atoms with van der Waals surface area (Å²) in [7, 11) is 0. The maximum Gasteiger partial charge on any atom is 0.126 e. The largest absolute Gasteiger partial charge is 0.399 e. The molecule has 2 aromatic carbocycles. The first kappa shape index (κ1) is 11.3. The lowest BCUT2D eigenvalue weighted by Crippen LogP contribution is -1.83. The smallest absolute Gasteiger partial charge is 0.126 e. The van der Waals surface area contributed by atoms with Crippen LogP contribution in [0.3, 0.4) is 0 Å². The Morgan fingerprint density at radius 1 is 0.765 bits per heavy atom. The summed E-state index contributed by atoms with van der Waals surface area (Å²) in [5, 5.41) is 0. The van der Waals surface area contributed by atoms with Crippen LogP contribution in [0.15, 0.2) is 42.5 Å². The minimum Gasteiger partial charge on any atom is -0.399 e. The van der Waals surface area contributed by atoms with Crippen LogP contribution in [0.4, 0.5) is 14.5 Å². The number of nitrogen functional groups attached to an aromatic ring is 1. The van der Waals surface area contributed by atoms with Gasteiger partial charge in [0.05, 0.1) is 0 Å². The topological polar surface area (TPSA) is 26.0 Å². The normalized spacial score (nSPS) is 10.9. The molecule has 2 aromatic rings. The van der Waals surface area contributed by atoms with Crippen molar-refractivity contribution in [3.8, 4) is 0 Å². The standard InChI is InChI=1S/C14H11F2N/c15-12-7-11(8-13(16)9-12)2-1-10-3-5-14(17)6-4-10/h1-9H,17H2. The van der Waals surface area contributed by atoms with Gasteiger partial charge >= 0.3 is 0 Å². The first-order valence-electron chi connectivity index (χ1n) is 5.13. The van der Waals surface area contributed by atoms with Crippen LogP contribution >= 0.6 is 0 Å². The molecule has 1 nitrogen and oxygen atoms in total. The zero-order chi connectivity index (χ0) is 12.3. The minimum atomic E-state index is -0.582. The molecule has 0 aliphatic heterocycles. The molecule has 0 radical (unpaired) electrons. The predicted molar refractivity (Wildman–Crippen MR) is 66.1 cm³/mol. The quantitative estimate of drug-likeness (QED) is 0.618. The van der Waals surface area contributed by atoms with Gasteiger partial charge < -0.3 is 5.73 Å². The molecule has 0 spiro atoms. The predicted octanol–water partition coefficient (Wildman–Crippen LogP) is 3.72. The molecule has 0 saturated heterocycles. The summed E-state index contributed by atoms with van der Waals surface area (Å²) in [5.41, 5.74) is 7.64. The highest BCUT2D eigenvalue weighted by molar-refractivity contribution is 5.70. The van der Waals surface area contributed by atoms with Gasteiger partial charge in [0.25, 0.3) is 0 Å². The molecule has 86 valence electrons. The van der Waals surface area contributed by atoms with Crippen molar-refractivity contribution in [2.75, 3.05) is 5.73 Å². The van der Waals surface area contributed by atoms with E-state index in [0.29, 0.717) is 11.3 Å². The number of hydrogen-bond acceptors (Lipinski definition) is 1. The van der Waals surface area contributed by atoms with E-state index in [1.807, 2.05) is 12.1 Å². The first-order chi connectivity index (χ1) is 8.13. The highest BCUT2D eigenvalue weighted by Gasteiger charge is 1.97. The molecular weight excluding hydrogens is 220 g/mol. The Bertz CT molecular complexity index is 524. The molecular formula is C14H11F2N. The number of hydrogen-bond donors (Lipinski definition) is 1. The summed E-state index contributed by atoms with van der Waals surface area (Å²) in [4.78, 5) is 0. The number of halogens is 2. The van der Waals surface area contributed by atoms with Gasteiger partial charge in [0.15, 0.2) is 0 Å². The van der Waals surface area contributed by atoms with Crippen molar-refractivity contribution in [3.05, 3.63) is 65.2 Å². The van der Waals surface area contributed by atoms with E-state index in [-0.39, 0.29) is 0 Å². The number of benzene rings is 2. The summed E-state index contributed by atoms with van der Waals surface area (Å²) >= 11 is 0. The fourth-order valence-corrected chi connectivity index (χ4v) is 1.47. The Kier molecular flexibility index (Phi) is 3.19. The van der Waals surface area contributed by atoms with Crippen LogP contribution in [0.2, 0.25) is 0 Å². The zero-order valence-electron chi connectivity index (χ0n) is 9.03. The summed E-state index contributed by atoms with van der Waals surface area (Å²) in [6.07, 6.45) is 3.42. The van der Waals surface area contributed by atoms with E-state index in [9.17, 15) is 8.78 Å². The van der Waals surface area contributed by atoms with E-state index in [2.05, 4.69) is 0 Å². The SMILES string of the molecule is Nc1ccc(C=Cc2cc(F)cc(F)c2)cc1. The van der Waals surface area contributed by atoms with Crippen LogP contribution in [0.25, 0.3) is 12.2 Å². The summed E-state index contributed by atoms with van der Waals surface area (Å²) in [5.74, 6) is -1.16. The fourth-order valence-electron chi connectivity index (χ4n) is 1.47. The first-order valence-corrected chi connectivity index (χ1v) is 5.13. The van der Waals surface area contributed by atoms with Crippen molar-refractivity contribution in [2.24, 2.45) is 0 Å². The van der Waals surface area contributed by atoms with E-state index in [0.717, 1.165) is 11.6 Å². The Morgan fingerprint density at radius 2 is 1.29 bits per heavy atom. The third-order valence-electron chi connectivity index (χ3n) is 2.29. The van der Waals surface area contributed by atoms with E-state index in [1.165, 1.54) is 12.1 Å². The molecule has 0 atom stereocenters. The second-order valence-corrected chi connectivity index (χ2v) is 3.70. The summed E-state index contributed by atoms with van der Waals surface area (Å²) in [6.45, 7) is 0. The average Bonchev–Trinajstić information content (AvgIpc) is 2.27. The molecule has 17 heavy (non-hydrogen) atoms. The van der Waals surface area contributed by atoms with Gasteiger partial charge in [0, 0.05) is 11.8 Å². The molecule has 0 heterocycles. The van der Waals surface area contributed by atoms with Crippen molar-refractivity contribution in [1.29, 1.82) is 0 Å². The van der Waals surface area contributed by atoms with Gasteiger partial charge in [-0.3, -0.25) is 0 Å². The molecule has 0 unspecified atom stereocenters. The molecule has 0 saturated carbocycles. The van der Waals surface area contributed by atoms with E-state index < -0.39 is 11.6 Å². The lowest BCUT2D eigenvalue weighted by atomic mass is 10.1. The van der Waals surface area contributed by atoms with Gasteiger partial charge in [-0.25, -0.2) is 8.78 Å². The van der Waals surface area contributed by atoms with Gasteiger partial charge in [0.1, 0.15) is 11.6 Å². The van der Waals surface area contributed by atoms with Crippen LogP contribution in [-0.2, 0) is 0 Å².